The van der Waals surface area contributed by atoms with Gasteiger partial charge < -0.3 is 15.6 Å². The average Bonchev–Trinajstić information content (AvgIpc) is 2.81. The van der Waals surface area contributed by atoms with Gasteiger partial charge in [0.1, 0.15) is 12.4 Å². The molecule has 0 saturated heterocycles. The van der Waals surface area contributed by atoms with Crippen molar-refractivity contribution >= 4 is 18.4 Å². The molecule has 0 saturated carbocycles. The summed E-state index contributed by atoms with van der Waals surface area (Å²) in [7, 11) is 0. The molecule has 0 fully saturated rings. The summed E-state index contributed by atoms with van der Waals surface area (Å²) in [4.78, 5) is 11.9. The number of halogens is 1. The lowest BCUT2D eigenvalue weighted by atomic mass is 9.80. The molecule has 0 aromatic heterocycles. The van der Waals surface area contributed by atoms with Gasteiger partial charge in [-0.3, -0.25) is 0 Å². The van der Waals surface area contributed by atoms with Crippen LogP contribution in [0.5, 0.6) is 5.75 Å². The Morgan fingerprint density at radius 3 is 2.26 bits per heavy atom. The second-order valence-corrected chi connectivity index (χ2v) is 9.09. The van der Waals surface area contributed by atoms with Crippen LogP contribution in [0.15, 0.2) is 60.7 Å². The minimum Gasteiger partial charge on any atom is -0.488 e. The molecule has 0 unspecified atom stereocenters. The topological polar surface area (TPSA) is 72.6 Å². The summed E-state index contributed by atoms with van der Waals surface area (Å²) < 4.78 is 6.29. The van der Waals surface area contributed by atoms with Crippen molar-refractivity contribution in [2.24, 2.45) is 5.73 Å². The van der Waals surface area contributed by atoms with E-state index < -0.39 is 5.97 Å². The van der Waals surface area contributed by atoms with Crippen LogP contribution in [0, 0.1) is 0 Å². The molecule has 0 amide bonds. The number of hydrogen-bond donors (Lipinski definition) is 2. The van der Waals surface area contributed by atoms with Crippen LogP contribution in [-0.4, -0.2) is 17.6 Å². The van der Waals surface area contributed by atoms with Gasteiger partial charge in [-0.15, -0.1) is 12.4 Å². The van der Waals surface area contributed by atoms with Crippen molar-refractivity contribution in [1.29, 1.82) is 0 Å². The molecule has 3 rings (SSSR count). The summed E-state index contributed by atoms with van der Waals surface area (Å²) in [6.45, 7) is 9.79. The van der Waals surface area contributed by atoms with E-state index in [1.54, 1.807) is 18.2 Å². The molecule has 182 valence electrons. The summed E-state index contributed by atoms with van der Waals surface area (Å²) in [5.41, 5.74) is 12.8. The molecule has 4 nitrogen and oxygen atoms in total. The number of carboxylic acids is 1. The van der Waals surface area contributed by atoms with E-state index in [2.05, 4.69) is 39.8 Å². The summed E-state index contributed by atoms with van der Waals surface area (Å²) in [6, 6.07) is 19.6. The molecular formula is C29H36ClNO3. The van der Waals surface area contributed by atoms with E-state index in [-0.39, 0.29) is 29.8 Å². The molecule has 3 N–H and O–H groups in total. The van der Waals surface area contributed by atoms with E-state index in [4.69, 9.17) is 10.5 Å². The van der Waals surface area contributed by atoms with E-state index in [1.807, 2.05) is 30.3 Å². The number of hydrogen-bond acceptors (Lipinski definition) is 3. The van der Waals surface area contributed by atoms with E-state index in [9.17, 15) is 9.90 Å². The van der Waals surface area contributed by atoms with Crippen LogP contribution in [-0.2, 0) is 13.0 Å². The van der Waals surface area contributed by atoms with E-state index >= 15 is 0 Å². The first kappa shape index (κ1) is 27.4. The van der Waals surface area contributed by atoms with E-state index in [0.29, 0.717) is 18.9 Å². The second-order valence-electron chi connectivity index (χ2n) is 9.09. The van der Waals surface area contributed by atoms with E-state index in [1.165, 1.54) is 16.7 Å². The van der Waals surface area contributed by atoms with Gasteiger partial charge in [0.25, 0.3) is 0 Å². The molecule has 0 heterocycles. The maximum Gasteiger partial charge on any atom is 0.335 e. The van der Waals surface area contributed by atoms with Crippen LogP contribution in [0.1, 0.15) is 78.6 Å². The van der Waals surface area contributed by atoms with Crippen LogP contribution in [0.2, 0.25) is 0 Å². The Bertz CT molecular complexity index is 1090. The van der Waals surface area contributed by atoms with Gasteiger partial charge in [0.05, 0.1) is 5.56 Å². The van der Waals surface area contributed by atoms with Gasteiger partial charge in [0.2, 0.25) is 0 Å². The quantitative estimate of drug-likeness (QED) is 0.321. The number of nitrogens with two attached hydrogens (primary N) is 1. The monoisotopic (exact) mass is 481 g/mol. The van der Waals surface area contributed by atoms with Gasteiger partial charge in [-0.1, -0.05) is 70.2 Å². The Morgan fingerprint density at radius 2 is 1.68 bits per heavy atom. The van der Waals surface area contributed by atoms with Crippen molar-refractivity contribution in [3.63, 3.8) is 0 Å². The number of ether oxygens (including phenoxy) is 1. The predicted molar refractivity (Wildman–Crippen MR) is 142 cm³/mol. The molecule has 5 heteroatoms. The molecule has 0 aliphatic heterocycles. The van der Waals surface area contributed by atoms with Gasteiger partial charge in [-0.25, -0.2) is 4.79 Å². The van der Waals surface area contributed by atoms with Gasteiger partial charge >= 0.3 is 5.97 Å². The highest BCUT2D eigenvalue weighted by molar-refractivity contribution is 5.91. The Labute approximate surface area is 209 Å². The lowest BCUT2D eigenvalue weighted by Gasteiger charge is -2.25. The smallest absolute Gasteiger partial charge is 0.335 e. The van der Waals surface area contributed by atoms with Crippen LogP contribution in [0.25, 0.3) is 11.1 Å². The van der Waals surface area contributed by atoms with Crippen LogP contribution in [0.3, 0.4) is 0 Å². The fourth-order valence-corrected chi connectivity index (χ4v) is 4.35. The third-order valence-electron chi connectivity index (χ3n) is 5.95. The Balaban J connectivity index is 0.00000408. The van der Waals surface area contributed by atoms with Crippen molar-refractivity contribution in [2.45, 2.75) is 59.0 Å². The highest BCUT2D eigenvalue weighted by atomic mass is 35.5. The van der Waals surface area contributed by atoms with Crippen molar-refractivity contribution in [3.8, 4) is 16.9 Å². The maximum atomic E-state index is 11.9. The summed E-state index contributed by atoms with van der Waals surface area (Å²) in [6.07, 6.45) is 1.81. The molecule has 0 aliphatic rings. The van der Waals surface area contributed by atoms with Crippen LogP contribution in [0.4, 0.5) is 0 Å². The lowest BCUT2D eigenvalue weighted by Crippen LogP contribution is -2.09. The SMILES string of the molecule is CC(C)c1ccc(CCCN)c(C(C)C)c1-c1cc(C(=O)O)ccc1OCc1ccccc1.Cl. The largest absolute Gasteiger partial charge is 0.488 e. The Kier molecular flexibility index (Phi) is 10.2. The molecule has 3 aromatic rings. The Morgan fingerprint density at radius 1 is 0.971 bits per heavy atom. The molecule has 0 aliphatic carbocycles. The number of aromatic carboxylic acids is 1. The highest BCUT2D eigenvalue weighted by Gasteiger charge is 2.23. The summed E-state index contributed by atoms with van der Waals surface area (Å²) >= 11 is 0. The molecule has 0 bridgehead atoms. The highest BCUT2D eigenvalue weighted by Crippen LogP contribution is 2.43. The lowest BCUT2D eigenvalue weighted by molar-refractivity contribution is 0.0697. The van der Waals surface area contributed by atoms with Crippen molar-refractivity contribution in [3.05, 3.63) is 88.5 Å². The minimum atomic E-state index is -0.942. The first-order valence-electron chi connectivity index (χ1n) is 11.7. The predicted octanol–water partition coefficient (Wildman–Crippen LogP) is 7.19. The summed E-state index contributed by atoms with van der Waals surface area (Å²) in [5.74, 6) is 0.296. The first-order valence-corrected chi connectivity index (χ1v) is 11.7. The number of benzene rings is 3. The maximum absolute atomic E-state index is 11.9. The van der Waals surface area contributed by atoms with Gasteiger partial charge in [0.15, 0.2) is 0 Å². The summed E-state index contributed by atoms with van der Waals surface area (Å²) in [5, 5.41) is 9.73. The Hall–Kier alpha value is -2.82. The van der Waals surface area contributed by atoms with Crippen LogP contribution < -0.4 is 10.5 Å². The third kappa shape index (κ3) is 6.40. The molecule has 3 aromatic carbocycles. The van der Waals surface area contributed by atoms with E-state index in [0.717, 1.165) is 29.5 Å². The average molecular weight is 482 g/mol. The second kappa shape index (κ2) is 12.6. The fraction of sp³-hybridized carbons (Fsp3) is 0.345. The molecule has 0 radical (unpaired) electrons. The molecule has 0 atom stereocenters. The minimum absolute atomic E-state index is 0. The zero-order valence-electron chi connectivity index (χ0n) is 20.5. The first-order chi connectivity index (χ1) is 15.8. The zero-order chi connectivity index (χ0) is 24.0. The number of aryl methyl sites for hydroxylation is 1. The van der Waals surface area contributed by atoms with Gasteiger partial charge in [-0.05, 0) is 77.2 Å². The fourth-order valence-electron chi connectivity index (χ4n) is 4.35. The van der Waals surface area contributed by atoms with Crippen molar-refractivity contribution in [1.82, 2.24) is 0 Å². The van der Waals surface area contributed by atoms with Crippen LogP contribution >= 0.6 is 12.4 Å². The molecule has 0 spiro atoms. The van der Waals surface area contributed by atoms with Gasteiger partial charge in [0, 0.05) is 5.56 Å². The van der Waals surface area contributed by atoms with Gasteiger partial charge in [-0.2, -0.15) is 0 Å². The van der Waals surface area contributed by atoms with Crippen molar-refractivity contribution in [2.75, 3.05) is 6.54 Å². The number of rotatable bonds is 10. The molecule has 34 heavy (non-hydrogen) atoms. The zero-order valence-corrected chi connectivity index (χ0v) is 21.3. The number of carboxylic acid groups (broad SMARTS) is 1. The standard InChI is InChI=1S/C29H35NO3.ClH/c1-19(2)24-14-12-22(11-8-16-30)27(20(3)4)28(24)25-17-23(29(31)32)13-15-26(25)33-18-21-9-6-5-7-10-21;/h5-7,9-10,12-15,17,19-20H,8,11,16,18,30H2,1-4H3,(H,31,32);1H. The normalized spacial score (nSPS) is 10.9. The van der Waals surface area contributed by atoms with Crippen molar-refractivity contribution < 1.29 is 14.6 Å². The third-order valence-corrected chi connectivity index (χ3v) is 5.95. The number of carbonyl (C=O) groups is 1. The molecular weight excluding hydrogens is 446 g/mol.